The number of rotatable bonds is 0. The van der Waals surface area contributed by atoms with Crippen LogP contribution in [0.4, 0.5) is 4.79 Å². The Bertz CT molecular complexity index is 158. The number of likely N-dealkylation sites (tertiary alicyclic amines) is 1. The standard InChI is InChI=1S/C5H9NO.CH2O3.Li.H/c1-6-4-2-3-5(6)7;2-1(3)4;;/h2-4H2,1H3;(H2,2,3,4);;. The second-order valence-corrected chi connectivity index (χ2v) is 2.20. The average Bonchev–Trinajstić information content (AvgIpc) is 2.15. The zero-order valence-corrected chi connectivity index (χ0v) is 6.28. The molecule has 1 fully saturated rings. The Morgan fingerprint density at radius 2 is 1.92 bits per heavy atom. The Labute approximate surface area is 82.5 Å². The maximum absolute atomic E-state index is 10.5. The van der Waals surface area contributed by atoms with Crippen LogP contribution in [0.5, 0.6) is 0 Å². The van der Waals surface area contributed by atoms with Crippen LogP contribution in [0.2, 0.25) is 0 Å². The van der Waals surface area contributed by atoms with E-state index in [0.29, 0.717) is 5.91 Å². The van der Waals surface area contributed by atoms with Crippen LogP contribution in [-0.4, -0.2) is 59.6 Å². The van der Waals surface area contributed by atoms with E-state index in [1.54, 1.807) is 4.90 Å². The molecule has 0 spiro atoms. The molecule has 0 aromatic rings. The van der Waals surface area contributed by atoms with Gasteiger partial charge in [0.15, 0.2) is 0 Å². The number of nitrogens with zero attached hydrogens (tertiary/aromatic N) is 1. The van der Waals surface area contributed by atoms with Gasteiger partial charge in [-0.2, -0.15) is 0 Å². The van der Waals surface area contributed by atoms with Crippen molar-refractivity contribution in [3.63, 3.8) is 0 Å². The number of carbonyl (C=O) groups excluding carboxylic acids is 1. The van der Waals surface area contributed by atoms with Crippen molar-refractivity contribution in [1.29, 1.82) is 0 Å². The normalized spacial score (nSPS) is 14.4. The molecule has 6 heteroatoms. The predicted molar refractivity (Wildman–Crippen MR) is 44.7 cm³/mol. The van der Waals surface area contributed by atoms with E-state index >= 15 is 0 Å². The molecule has 12 heavy (non-hydrogen) atoms. The fourth-order valence-corrected chi connectivity index (χ4v) is 0.783. The van der Waals surface area contributed by atoms with Gasteiger partial charge in [0.25, 0.3) is 0 Å². The Hall–Kier alpha value is -0.663. The molecule has 0 aliphatic carbocycles. The number of carbonyl (C=O) groups is 2. The minimum absolute atomic E-state index is 0. The molecule has 1 heterocycles. The molecule has 66 valence electrons. The summed E-state index contributed by atoms with van der Waals surface area (Å²) in [6.45, 7) is 0.957. The van der Waals surface area contributed by atoms with E-state index in [1.807, 2.05) is 7.05 Å². The number of amides is 1. The van der Waals surface area contributed by atoms with Gasteiger partial charge in [0.2, 0.25) is 5.91 Å². The molecule has 1 rings (SSSR count). The van der Waals surface area contributed by atoms with Crippen LogP contribution in [-0.2, 0) is 4.79 Å². The molecule has 1 amide bonds. The Morgan fingerprint density at radius 1 is 1.50 bits per heavy atom. The van der Waals surface area contributed by atoms with Crippen molar-refractivity contribution in [1.82, 2.24) is 4.90 Å². The van der Waals surface area contributed by atoms with Crippen LogP contribution in [0.15, 0.2) is 0 Å². The van der Waals surface area contributed by atoms with Crippen LogP contribution in [0.1, 0.15) is 12.8 Å². The van der Waals surface area contributed by atoms with Crippen LogP contribution in [0.25, 0.3) is 0 Å². The van der Waals surface area contributed by atoms with E-state index in [-0.39, 0.29) is 18.9 Å². The monoisotopic (exact) mass is 169 g/mol. The SMILES string of the molecule is CN1CCCC1=O.O=C(O)O.[LiH]. The summed E-state index contributed by atoms with van der Waals surface area (Å²) in [6, 6.07) is 0. The van der Waals surface area contributed by atoms with Crippen molar-refractivity contribution in [2.24, 2.45) is 0 Å². The van der Waals surface area contributed by atoms with Crippen molar-refractivity contribution in [3.8, 4) is 0 Å². The summed E-state index contributed by atoms with van der Waals surface area (Å²) in [5.41, 5.74) is 0. The van der Waals surface area contributed by atoms with Crippen LogP contribution in [0, 0.1) is 0 Å². The number of carboxylic acid groups (broad SMARTS) is 2. The third-order valence-electron chi connectivity index (χ3n) is 1.31. The number of hydrogen-bond donors (Lipinski definition) is 2. The van der Waals surface area contributed by atoms with Crippen molar-refractivity contribution >= 4 is 30.9 Å². The summed E-state index contributed by atoms with van der Waals surface area (Å²) in [7, 11) is 1.84. The molecule has 0 aromatic heterocycles. The number of hydrogen-bond acceptors (Lipinski definition) is 2. The van der Waals surface area contributed by atoms with Crippen molar-refractivity contribution in [2.45, 2.75) is 12.8 Å². The quantitative estimate of drug-likeness (QED) is 0.493. The predicted octanol–water partition coefficient (Wildman–Crippen LogP) is -0.188. The second-order valence-electron chi connectivity index (χ2n) is 2.20. The van der Waals surface area contributed by atoms with E-state index in [9.17, 15) is 4.79 Å². The van der Waals surface area contributed by atoms with E-state index in [0.717, 1.165) is 19.4 Å². The van der Waals surface area contributed by atoms with Gasteiger partial charge in [0, 0.05) is 20.0 Å². The fraction of sp³-hybridized carbons (Fsp3) is 0.667. The first-order valence-electron chi connectivity index (χ1n) is 3.20. The Kier molecular flexibility index (Phi) is 8.12. The van der Waals surface area contributed by atoms with Gasteiger partial charge in [-0.1, -0.05) is 0 Å². The molecule has 5 nitrogen and oxygen atoms in total. The van der Waals surface area contributed by atoms with Gasteiger partial charge in [0.05, 0.1) is 0 Å². The first-order valence-corrected chi connectivity index (χ1v) is 3.20. The molecule has 0 aromatic carbocycles. The van der Waals surface area contributed by atoms with E-state index in [4.69, 9.17) is 15.0 Å². The topological polar surface area (TPSA) is 77.8 Å². The third-order valence-corrected chi connectivity index (χ3v) is 1.31. The van der Waals surface area contributed by atoms with Gasteiger partial charge in [-0.3, -0.25) is 4.79 Å². The van der Waals surface area contributed by atoms with Gasteiger partial charge < -0.3 is 15.1 Å². The van der Waals surface area contributed by atoms with Crippen molar-refractivity contribution < 1.29 is 19.8 Å². The van der Waals surface area contributed by atoms with Gasteiger partial charge in [-0.15, -0.1) is 0 Å². The minimum atomic E-state index is -1.83. The van der Waals surface area contributed by atoms with Gasteiger partial charge in [-0.25, -0.2) is 4.79 Å². The summed E-state index contributed by atoms with van der Waals surface area (Å²) in [5, 5.41) is 13.9. The summed E-state index contributed by atoms with van der Waals surface area (Å²) < 4.78 is 0. The molecule has 0 saturated carbocycles. The second kappa shape index (κ2) is 7.01. The molecular formula is C6H12LiNO4. The molecule has 0 unspecified atom stereocenters. The first-order chi connectivity index (χ1) is 5.04. The Morgan fingerprint density at radius 3 is 2.00 bits per heavy atom. The van der Waals surface area contributed by atoms with Gasteiger partial charge >= 0.3 is 25.0 Å². The Balaban J connectivity index is 0. The third kappa shape index (κ3) is 7.44. The van der Waals surface area contributed by atoms with Gasteiger partial charge in [0.1, 0.15) is 0 Å². The molecule has 0 atom stereocenters. The molecule has 1 aliphatic heterocycles. The van der Waals surface area contributed by atoms with Crippen LogP contribution in [0.3, 0.4) is 0 Å². The first kappa shape index (κ1) is 13.9. The summed E-state index contributed by atoms with van der Waals surface area (Å²) in [6.07, 6.45) is -0.0220. The van der Waals surface area contributed by atoms with Crippen LogP contribution < -0.4 is 0 Å². The fourth-order valence-electron chi connectivity index (χ4n) is 0.783. The zero-order valence-electron chi connectivity index (χ0n) is 6.28. The molecular weight excluding hydrogens is 157 g/mol. The molecule has 1 aliphatic rings. The van der Waals surface area contributed by atoms with E-state index < -0.39 is 6.16 Å². The summed E-state index contributed by atoms with van der Waals surface area (Å²) in [4.78, 5) is 20.8. The van der Waals surface area contributed by atoms with E-state index in [1.165, 1.54) is 0 Å². The summed E-state index contributed by atoms with van der Waals surface area (Å²) >= 11 is 0. The van der Waals surface area contributed by atoms with Crippen LogP contribution >= 0.6 is 0 Å². The molecule has 0 radical (unpaired) electrons. The molecule has 0 bridgehead atoms. The van der Waals surface area contributed by atoms with Gasteiger partial charge in [-0.05, 0) is 6.42 Å². The maximum atomic E-state index is 10.5. The average molecular weight is 169 g/mol. The van der Waals surface area contributed by atoms with E-state index in [2.05, 4.69) is 0 Å². The van der Waals surface area contributed by atoms with Crippen molar-refractivity contribution in [3.05, 3.63) is 0 Å². The molecule has 2 N–H and O–H groups in total. The zero-order chi connectivity index (χ0) is 8.85. The van der Waals surface area contributed by atoms with Crippen molar-refractivity contribution in [2.75, 3.05) is 13.6 Å². The molecule has 1 saturated heterocycles. The summed E-state index contributed by atoms with van der Waals surface area (Å²) in [5.74, 6) is 0.292.